The van der Waals surface area contributed by atoms with Gasteiger partial charge in [0.05, 0.1) is 5.56 Å². The number of Topliss-reactive ketones (excluding diaryl/α,β-unsaturated/α-hetero) is 1. The normalized spacial score (nSPS) is 20.8. The van der Waals surface area contributed by atoms with Gasteiger partial charge in [-0.25, -0.2) is 4.79 Å². The number of fused-ring (bicyclic) bond motifs is 1. The highest BCUT2D eigenvalue weighted by Gasteiger charge is 2.34. The zero-order valence-corrected chi connectivity index (χ0v) is 17.1. The number of nitrogens with one attached hydrogen (secondary N) is 1. The highest BCUT2D eigenvalue weighted by Crippen LogP contribution is 2.40. The highest BCUT2D eigenvalue weighted by molar-refractivity contribution is 7.98. The largest absolute Gasteiger partial charge is 0.454 e. The minimum absolute atomic E-state index is 0.0799. The second kappa shape index (κ2) is 9.45. The van der Waals surface area contributed by atoms with Crippen molar-refractivity contribution >= 4 is 29.1 Å². The van der Waals surface area contributed by atoms with Crippen molar-refractivity contribution in [3.05, 3.63) is 29.3 Å². The van der Waals surface area contributed by atoms with Crippen LogP contribution in [-0.4, -0.2) is 57.5 Å². The molecule has 1 N–H and O–H groups in total. The van der Waals surface area contributed by atoms with Crippen LogP contribution in [0.4, 0.5) is 0 Å². The van der Waals surface area contributed by atoms with Crippen molar-refractivity contribution in [3.63, 3.8) is 0 Å². The fraction of sp³-hybridized carbons (Fsp3) is 0.500. The summed E-state index contributed by atoms with van der Waals surface area (Å²) < 4.78 is 21.6. The van der Waals surface area contributed by atoms with Gasteiger partial charge >= 0.3 is 5.97 Å². The third-order valence-corrected chi connectivity index (χ3v) is 5.21. The number of thioether (sulfide) groups is 1. The highest BCUT2D eigenvalue weighted by atomic mass is 32.2. The first kappa shape index (κ1) is 20.7. The lowest BCUT2D eigenvalue weighted by Crippen LogP contribution is -2.32. The van der Waals surface area contributed by atoms with E-state index in [1.165, 1.54) is 18.9 Å². The van der Waals surface area contributed by atoms with Crippen LogP contribution in [0.2, 0.25) is 0 Å². The zero-order valence-electron chi connectivity index (χ0n) is 16.3. The Morgan fingerprint density at radius 1 is 1.32 bits per heavy atom. The number of hydrogen-bond donors (Lipinski definition) is 1. The van der Waals surface area contributed by atoms with E-state index in [4.69, 9.17) is 18.9 Å². The molecule has 1 heterocycles. The van der Waals surface area contributed by atoms with E-state index in [0.717, 1.165) is 13.0 Å². The fourth-order valence-electron chi connectivity index (χ4n) is 3.42. The van der Waals surface area contributed by atoms with Crippen LogP contribution in [0.3, 0.4) is 0 Å². The minimum atomic E-state index is -0.539. The second-order valence-corrected chi connectivity index (χ2v) is 7.46. The van der Waals surface area contributed by atoms with E-state index in [9.17, 15) is 9.59 Å². The van der Waals surface area contributed by atoms with Gasteiger partial charge in [-0.2, -0.15) is 0 Å². The van der Waals surface area contributed by atoms with Crippen molar-refractivity contribution in [1.82, 2.24) is 5.32 Å². The maximum atomic E-state index is 13.0. The average molecular weight is 407 g/mol. The van der Waals surface area contributed by atoms with Gasteiger partial charge in [-0.3, -0.25) is 4.79 Å². The Morgan fingerprint density at radius 2 is 2.07 bits per heavy atom. The molecule has 1 aliphatic heterocycles. The lowest BCUT2D eigenvalue weighted by atomic mass is 9.81. The van der Waals surface area contributed by atoms with E-state index < -0.39 is 12.1 Å². The summed E-state index contributed by atoms with van der Waals surface area (Å²) in [5.41, 5.74) is 1.26. The van der Waals surface area contributed by atoms with Gasteiger partial charge in [-0.05, 0) is 50.7 Å². The molecule has 0 aromatic heterocycles. The average Bonchev–Trinajstić information content (AvgIpc) is 3.17. The van der Waals surface area contributed by atoms with Crippen LogP contribution in [0.25, 0.3) is 5.57 Å². The summed E-state index contributed by atoms with van der Waals surface area (Å²) in [7, 11) is 3.43. The van der Waals surface area contributed by atoms with Crippen molar-refractivity contribution in [1.29, 1.82) is 0 Å². The minimum Gasteiger partial charge on any atom is -0.454 e. The molecule has 2 atom stereocenters. The molecule has 0 saturated heterocycles. The number of esters is 1. The summed E-state index contributed by atoms with van der Waals surface area (Å²) in [6.07, 6.45) is 4.73. The maximum Gasteiger partial charge on any atom is 0.339 e. The number of carbonyl (C=O) groups is 2. The molecule has 1 aromatic rings. The molecule has 2 aliphatic rings. The van der Waals surface area contributed by atoms with Crippen molar-refractivity contribution < 1.29 is 28.5 Å². The van der Waals surface area contributed by atoms with Gasteiger partial charge in [-0.1, -0.05) is 6.08 Å². The molecule has 0 bridgehead atoms. The molecule has 0 spiro atoms. The Kier molecular flexibility index (Phi) is 6.98. The number of benzene rings is 1. The van der Waals surface area contributed by atoms with Gasteiger partial charge in [0.1, 0.15) is 12.0 Å². The van der Waals surface area contributed by atoms with Crippen LogP contribution < -0.4 is 14.8 Å². The summed E-state index contributed by atoms with van der Waals surface area (Å²) in [6, 6.07) is 3.28. The quantitative estimate of drug-likeness (QED) is 0.520. The molecule has 28 heavy (non-hydrogen) atoms. The lowest BCUT2D eigenvalue weighted by Gasteiger charge is -2.27. The number of ketones is 1. The smallest absolute Gasteiger partial charge is 0.339 e. The van der Waals surface area contributed by atoms with Gasteiger partial charge in [0.2, 0.25) is 6.79 Å². The van der Waals surface area contributed by atoms with E-state index in [0.29, 0.717) is 34.6 Å². The van der Waals surface area contributed by atoms with E-state index in [-0.39, 0.29) is 24.4 Å². The molecule has 0 amide bonds. The van der Waals surface area contributed by atoms with Gasteiger partial charge in [0.25, 0.3) is 0 Å². The van der Waals surface area contributed by atoms with E-state index in [2.05, 4.69) is 5.32 Å². The molecular formula is C20H25NO6S. The Morgan fingerprint density at radius 3 is 2.75 bits per heavy atom. The van der Waals surface area contributed by atoms with Crippen LogP contribution >= 0.6 is 11.8 Å². The number of carbonyl (C=O) groups excluding carboxylic acids is 2. The van der Waals surface area contributed by atoms with E-state index in [1.54, 1.807) is 12.1 Å². The summed E-state index contributed by atoms with van der Waals surface area (Å²) >= 11 is 1.40. The van der Waals surface area contributed by atoms with Gasteiger partial charge in [0, 0.05) is 18.2 Å². The third kappa shape index (κ3) is 4.34. The van der Waals surface area contributed by atoms with Crippen LogP contribution in [0.15, 0.2) is 18.2 Å². The first-order valence-electron chi connectivity index (χ1n) is 9.12. The van der Waals surface area contributed by atoms with Crippen LogP contribution in [0.1, 0.15) is 28.8 Å². The Labute approximate surface area is 168 Å². The van der Waals surface area contributed by atoms with Crippen LogP contribution in [0, 0.1) is 5.92 Å². The van der Waals surface area contributed by atoms with E-state index in [1.807, 2.05) is 19.4 Å². The SMILES string of the molecule is CNCC[C@H]1C=C(c2cc3c(cc2C(=O)OCSC)OCO3)C(=O)[C@@H](OC)C1. The number of allylic oxidation sites excluding steroid dienone is 1. The molecule has 7 nitrogen and oxygen atoms in total. The summed E-state index contributed by atoms with van der Waals surface area (Å²) in [5.74, 6) is 0.731. The van der Waals surface area contributed by atoms with Crippen molar-refractivity contribution in [2.45, 2.75) is 18.9 Å². The first-order valence-corrected chi connectivity index (χ1v) is 10.5. The van der Waals surface area contributed by atoms with Crippen molar-refractivity contribution in [2.75, 3.05) is 39.7 Å². The standard InChI is InChI=1S/C20H25NO6S/c1-21-5-4-12-6-14(19(22)18(7-12)24-2)13-8-16-17(26-10-25-16)9-15(13)20(23)27-11-28-3/h6,8-9,12,18,21H,4-5,7,10-11H2,1-3H3/t12-,18-/m0/s1. The predicted molar refractivity (Wildman–Crippen MR) is 107 cm³/mol. The number of hydrogen-bond acceptors (Lipinski definition) is 8. The number of rotatable bonds is 8. The molecule has 0 fully saturated rings. The molecule has 0 saturated carbocycles. The monoisotopic (exact) mass is 407 g/mol. The molecule has 1 aliphatic carbocycles. The van der Waals surface area contributed by atoms with Crippen molar-refractivity contribution in [2.24, 2.45) is 5.92 Å². The fourth-order valence-corrected chi connectivity index (χ4v) is 3.65. The maximum absolute atomic E-state index is 13.0. The van der Waals surface area contributed by atoms with Gasteiger partial charge in [0.15, 0.2) is 17.3 Å². The van der Waals surface area contributed by atoms with Crippen molar-refractivity contribution in [3.8, 4) is 11.5 Å². The Bertz CT molecular complexity index is 778. The van der Waals surface area contributed by atoms with Gasteiger partial charge < -0.3 is 24.3 Å². The number of ether oxygens (including phenoxy) is 4. The summed E-state index contributed by atoms with van der Waals surface area (Å²) in [6.45, 7) is 0.902. The molecule has 3 rings (SSSR count). The van der Waals surface area contributed by atoms with Crippen LogP contribution in [-0.2, 0) is 14.3 Å². The second-order valence-electron chi connectivity index (χ2n) is 6.65. The van der Waals surface area contributed by atoms with Crippen LogP contribution in [0.5, 0.6) is 11.5 Å². The number of methoxy groups -OCH3 is 1. The predicted octanol–water partition coefficient (Wildman–Crippen LogP) is 2.49. The lowest BCUT2D eigenvalue weighted by molar-refractivity contribution is -0.124. The first-order chi connectivity index (χ1) is 13.6. The molecule has 152 valence electrons. The summed E-state index contributed by atoms with van der Waals surface area (Å²) in [5, 5.41) is 3.13. The molecule has 8 heteroatoms. The van der Waals surface area contributed by atoms with E-state index >= 15 is 0 Å². The topological polar surface area (TPSA) is 83.1 Å². The Hall–Kier alpha value is -2.03. The third-order valence-electron chi connectivity index (χ3n) is 4.86. The Balaban J connectivity index is 2.04. The molecule has 0 radical (unpaired) electrons. The zero-order chi connectivity index (χ0) is 20.1. The molecular weight excluding hydrogens is 382 g/mol. The summed E-state index contributed by atoms with van der Waals surface area (Å²) in [4.78, 5) is 25.7. The van der Waals surface area contributed by atoms with Gasteiger partial charge in [-0.15, -0.1) is 11.8 Å². The molecule has 1 aromatic carbocycles. The molecule has 0 unspecified atom stereocenters.